The predicted octanol–water partition coefficient (Wildman–Crippen LogP) is 1.92. The van der Waals surface area contributed by atoms with Crippen LogP contribution in [0, 0.1) is 6.92 Å². The quantitative estimate of drug-likeness (QED) is 0.860. The molecule has 1 aromatic heterocycles. The van der Waals surface area contributed by atoms with Crippen molar-refractivity contribution in [2.45, 2.75) is 13.3 Å². The molecule has 0 radical (unpaired) electrons. The minimum absolute atomic E-state index is 0.144. The summed E-state index contributed by atoms with van der Waals surface area (Å²) in [5.41, 5.74) is 3.13. The second kappa shape index (κ2) is 5.29. The van der Waals surface area contributed by atoms with Gasteiger partial charge in [0.25, 0.3) is 5.91 Å². The van der Waals surface area contributed by atoms with Crippen molar-refractivity contribution < 1.29 is 4.79 Å². The zero-order valence-corrected chi connectivity index (χ0v) is 12.1. The third kappa shape index (κ3) is 2.31. The maximum atomic E-state index is 12.7. The van der Waals surface area contributed by atoms with E-state index in [0.29, 0.717) is 0 Å². The highest BCUT2D eigenvalue weighted by molar-refractivity contribution is 5.98. The number of nitrogens with zero attached hydrogens (tertiary/aromatic N) is 2. The number of carbonyl (C=O) groups is 1. The number of aryl methyl sites for hydroxylation is 2. The van der Waals surface area contributed by atoms with E-state index < -0.39 is 0 Å². The summed E-state index contributed by atoms with van der Waals surface area (Å²) in [6.07, 6.45) is 1.02. The summed E-state index contributed by atoms with van der Waals surface area (Å²) in [6.45, 7) is 5.59. The fourth-order valence-electron chi connectivity index (χ4n) is 2.86. The lowest BCUT2D eigenvalue weighted by atomic mass is 10.2. The first-order chi connectivity index (χ1) is 9.66. The molecule has 4 heteroatoms. The number of carbonyl (C=O) groups excluding carboxylic acids is 1. The number of hydrogen-bond acceptors (Lipinski definition) is 2. The molecule has 1 N–H and O–H groups in total. The summed E-state index contributed by atoms with van der Waals surface area (Å²) < 4.78 is 2.02. The number of nitrogens with one attached hydrogen (secondary N) is 1. The van der Waals surface area contributed by atoms with E-state index in [4.69, 9.17) is 0 Å². The minimum atomic E-state index is 0.144. The largest absolute Gasteiger partial charge is 0.340 e. The standard InChI is InChI=1S/C16H21N3O/c1-12-4-5-13-11-15(18(2)14(13)10-12)16(20)19-8-3-6-17-7-9-19/h4-5,10-11,17H,3,6-9H2,1-2H3. The van der Waals surface area contributed by atoms with Crippen LogP contribution in [0.2, 0.25) is 0 Å². The third-order valence-corrected chi connectivity index (χ3v) is 4.05. The Morgan fingerprint density at radius 2 is 2.05 bits per heavy atom. The van der Waals surface area contributed by atoms with Crippen LogP contribution < -0.4 is 5.32 Å². The summed E-state index contributed by atoms with van der Waals surface area (Å²) in [7, 11) is 1.98. The Morgan fingerprint density at radius 3 is 2.90 bits per heavy atom. The first-order valence-corrected chi connectivity index (χ1v) is 7.23. The fourth-order valence-corrected chi connectivity index (χ4v) is 2.86. The van der Waals surface area contributed by atoms with Crippen molar-refractivity contribution in [2.75, 3.05) is 26.2 Å². The van der Waals surface area contributed by atoms with Crippen molar-refractivity contribution >= 4 is 16.8 Å². The van der Waals surface area contributed by atoms with Crippen LogP contribution in [-0.4, -0.2) is 41.6 Å². The molecule has 1 aliphatic heterocycles. The van der Waals surface area contributed by atoms with E-state index >= 15 is 0 Å². The fraction of sp³-hybridized carbons (Fsp3) is 0.438. The van der Waals surface area contributed by atoms with Crippen LogP contribution in [0.25, 0.3) is 10.9 Å². The molecule has 20 heavy (non-hydrogen) atoms. The molecule has 1 amide bonds. The number of benzene rings is 1. The monoisotopic (exact) mass is 271 g/mol. The van der Waals surface area contributed by atoms with Crippen LogP contribution in [-0.2, 0) is 7.05 Å². The van der Waals surface area contributed by atoms with Crippen molar-refractivity contribution in [1.29, 1.82) is 0 Å². The van der Waals surface area contributed by atoms with E-state index in [1.165, 1.54) is 5.56 Å². The lowest BCUT2D eigenvalue weighted by Crippen LogP contribution is -2.35. The molecular formula is C16H21N3O. The van der Waals surface area contributed by atoms with Crippen molar-refractivity contribution in [3.05, 3.63) is 35.5 Å². The Bertz CT molecular complexity index is 636. The van der Waals surface area contributed by atoms with E-state index in [0.717, 1.165) is 49.2 Å². The number of aromatic nitrogens is 1. The van der Waals surface area contributed by atoms with Crippen LogP contribution in [0.15, 0.2) is 24.3 Å². The summed E-state index contributed by atoms with van der Waals surface area (Å²) in [5, 5.41) is 4.47. The molecule has 0 saturated carbocycles. The van der Waals surface area contributed by atoms with Gasteiger partial charge < -0.3 is 14.8 Å². The van der Waals surface area contributed by atoms with Gasteiger partial charge in [-0.2, -0.15) is 0 Å². The number of rotatable bonds is 1. The molecule has 0 unspecified atom stereocenters. The van der Waals surface area contributed by atoms with Crippen LogP contribution in [0.5, 0.6) is 0 Å². The van der Waals surface area contributed by atoms with E-state index in [2.05, 4.69) is 30.4 Å². The van der Waals surface area contributed by atoms with Gasteiger partial charge in [0.2, 0.25) is 0 Å². The van der Waals surface area contributed by atoms with Crippen LogP contribution in [0.1, 0.15) is 22.5 Å². The van der Waals surface area contributed by atoms with Gasteiger partial charge in [-0.05, 0) is 37.6 Å². The first-order valence-electron chi connectivity index (χ1n) is 7.23. The summed E-state index contributed by atoms with van der Waals surface area (Å²) in [4.78, 5) is 14.7. The van der Waals surface area contributed by atoms with Crippen molar-refractivity contribution in [1.82, 2.24) is 14.8 Å². The number of fused-ring (bicyclic) bond motifs is 1. The van der Waals surface area contributed by atoms with Gasteiger partial charge >= 0.3 is 0 Å². The molecule has 106 valence electrons. The molecule has 2 aromatic rings. The summed E-state index contributed by atoms with van der Waals surface area (Å²) >= 11 is 0. The predicted molar refractivity (Wildman–Crippen MR) is 81.0 cm³/mol. The van der Waals surface area contributed by atoms with Crippen molar-refractivity contribution in [2.24, 2.45) is 7.05 Å². The molecule has 2 heterocycles. The highest BCUT2D eigenvalue weighted by atomic mass is 16.2. The Hall–Kier alpha value is -1.81. The molecule has 0 aliphatic carbocycles. The molecular weight excluding hydrogens is 250 g/mol. The second-order valence-corrected chi connectivity index (χ2v) is 5.55. The van der Waals surface area contributed by atoms with E-state index in [1.807, 2.05) is 22.6 Å². The average Bonchev–Trinajstić information content (AvgIpc) is 2.66. The second-order valence-electron chi connectivity index (χ2n) is 5.55. The normalized spacial score (nSPS) is 16.4. The molecule has 0 spiro atoms. The van der Waals surface area contributed by atoms with Gasteiger partial charge in [0.05, 0.1) is 0 Å². The van der Waals surface area contributed by atoms with Crippen LogP contribution in [0.3, 0.4) is 0 Å². The maximum absolute atomic E-state index is 12.7. The smallest absolute Gasteiger partial charge is 0.270 e. The lowest BCUT2D eigenvalue weighted by Gasteiger charge is -2.20. The van der Waals surface area contributed by atoms with Crippen molar-refractivity contribution in [3.63, 3.8) is 0 Å². The Balaban J connectivity index is 1.96. The van der Waals surface area contributed by atoms with Gasteiger partial charge in [0.15, 0.2) is 0 Å². The highest BCUT2D eigenvalue weighted by Crippen LogP contribution is 2.21. The van der Waals surface area contributed by atoms with Gasteiger partial charge in [-0.25, -0.2) is 0 Å². The van der Waals surface area contributed by atoms with E-state index in [9.17, 15) is 4.79 Å². The van der Waals surface area contributed by atoms with Crippen LogP contribution in [0.4, 0.5) is 0 Å². The van der Waals surface area contributed by atoms with Gasteiger partial charge in [0, 0.05) is 37.6 Å². The Kier molecular flexibility index (Phi) is 3.49. The molecule has 1 aliphatic rings. The number of hydrogen-bond donors (Lipinski definition) is 1. The molecule has 3 rings (SSSR count). The van der Waals surface area contributed by atoms with Gasteiger partial charge in [0.1, 0.15) is 5.69 Å². The molecule has 1 saturated heterocycles. The summed E-state index contributed by atoms with van der Waals surface area (Å²) in [5.74, 6) is 0.144. The molecule has 1 fully saturated rings. The van der Waals surface area contributed by atoms with E-state index in [1.54, 1.807) is 0 Å². The average molecular weight is 271 g/mol. The van der Waals surface area contributed by atoms with E-state index in [-0.39, 0.29) is 5.91 Å². The van der Waals surface area contributed by atoms with Gasteiger partial charge in [-0.1, -0.05) is 12.1 Å². The SMILES string of the molecule is Cc1ccc2cc(C(=O)N3CCCNCC3)n(C)c2c1. The third-order valence-electron chi connectivity index (χ3n) is 4.05. The Morgan fingerprint density at radius 1 is 1.20 bits per heavy atom. The maximum Gasteiger partial charge on any atom is 0.270 e. The topological polar surface area (TPSA) is 37.3 Å². The van der Waals surface area contributed by atoms with Gasteiger partial charge in [-0.15, -0.1) is 0 Å². The highest BCUT2D eigenvalue weighted by Gasteiger charge is 2.20. The first kappa shape index (κ1) is 13.2. The Labute approximate surface area is 119 Å². The zero-order chi connectivity index (χ0) is 14.1. The van der Waals surface area contributed by atoms with Crippen molar-refractivity contribution in [3.8, 4) is 0 Å². The minimum Gasteiger partial charge on any atom is -0.340 e. The van der Waals surface area contributed by atoms with Crippen LogP contribution >= 0.6 is 0 Å². The molecule has 4 nitrogen and oxygen atoms in total. The molecule has 0 atom stereocenters. The molecule has 0 bridgehead atoms. The molecule has 1 aromatic carbocycles. The summed E-state index contributed by atoms with van der Waals surface area (Å²) in [6, 6.07) is 8.32. The number of amides is 1. The zero-order valence-electron chi connectivity index (χ0n) is 12.1. The van der Waals surface area contributed by atoms with Gasteiger partial charge in [-0.3, -0.25) is 4.79 Å². The lowest BCUT2D eigenvalue weighted by molar-refractivity contribution is 0.0757.